The van der Waals surface area contributed by atoms with Crippen molar-refractivity contribution in [2.75, 3.05) is 17.1 Å². The summed E-state index contributed by atoms with van der Waals surface area (Å²) in [5, 5.41) is 17.3. The first kappa shape index (κ1) is 20.8. The number of carbonyl (C=O) groups excluding carboxylic acids is 1. The SMILES string of the molecule is COc1ccc(S(=O)(=O)Nc2cccc(NC(=O)c3cnoc3C)c2)cc1[N+](=O)[O-]. The van der Waals surface area contributed by atoms with E-state index >= 15 is 0 Å². The number of methoxy groups -OCH3 is 1. The molecule has 156 valence electrons. The van der Waals surface area contributed by atoms with Crippen LogP contribution in [0.1, 0.15) is 16.1 Å². The summed E-state index contributed by atoms with van der Waals surface area (Å²) in [6.07, 6.45) is 1.27. The number of amides is 1. The average molecular weight is 432 g/mol. The van der Waals surface area contributed by atoms with E-state index in [4.69, 9.17) is 9.26 Å². The van der Waals surface area contributed by atoms with Crippen LogP contribution in [0.15, 0.2) is 58.1 Å². The lowest BCUT2D eigenvalue weighted by Gasteiger charge is -2.11. The number of nitrogens with zero attached hydrogens (tertiary/aromatic N) is 2. The van der Waals surface area contributed by atoms with Crippen LogP contribution in [0.2, 0.25) is 0 Å². The van der Waals surface area contributed by atoms with Gasteiger partial charge in [-0.2, -0.15) is 0 Å². The number of rotatable bonds is 7. The Morgan fingerprint density at radius 2 is 1.93 bits per heavy atom. The van der Waals surface area contributed by atoms with E-state index in [9.17, 15) is 23.3 Å². The van der Waals surface area contributed by atoms with Crippen molar-refractivity contribution in [2.24, 2.45) is 0 Å². The number of ether oxygens (including phenoxy) is 1. The highest BCUT2D eigenvalue weighted by atomic mass is 32.2. The Labute approximate surface area is 170 Å². The molecule has 3 aromatic rings. The van der Waals surface area contributed by atoms with Gasteiger partial charge in [0.25, 0.3) is 15.9 Å². The lowest BCUT2D eigenvalue weighted by molar-refractivity contribution is -0.386. The maximum absolute atomic E-state index is 12.7. The predicted molar refractivity (Wildman–Crippen MR) is 106 cm³/mol. The molecule has 0 aliphatic heterocycles. The molecule has 3 rings (SSSR count). The molecule has 1 amide bonds. The van der Waals surface area contributed by atoms with Crippen LogP contribution < -0.4 is 14.8 Å². The molecular formula is C18H16N4O7S. The maximum Gasteiger partial charge on any atom is 0.312 e. The molecule has 0 fully saturated rings. The molecule has 11 nitrogen and oxygen atoms in total. The zero-order valence-corrected chi connectivity index (χ0v) is 16.6. The minimum Gasteiger partial charge on any atom is -0.490 e. The summed E-state index contributed by atoms with van der Waals surface area (Å²) in [7, 11) is -2.89. The molecule has 0 aliphatic carbocycles. The third-order valence-corrected chi connectivity index (χ3v) is 5.40. The van der Waals surface area contributed by atoms with E-state index in [-0.39, 0.29) is 21.9 Å². The second kappa shape index (κ2) is 8.21. The van der Waals surface area contributed by atoms with Gasteiger partial charge in [0.1, 0.15) is 11.3 Å². The smallest absolute Gasteiger partial charge is 0.312 e. The standard InChI is InChI=1S/C18H16N4O7S/c1-11-15(10-19-29-11)18(23)20-12-4-3-5-13(8-12)21-30(26,27)14-6-7-17(28-2)16(9-14)22(24)25/h3-10,21H,1-2H3,(H,20,23). The number of nitro groups is 1. The molecule has 0 spiro atoms. The molecule has 0 unspecified atom stereocenters. The van der Waals surface area contributed by atoms with E-state index in [1.807, 2.05) is 0 Å². The summed E-state index contributed by atoms with van der Waals surface area (Å²) < 4.78 is 37.4. The molecule has 0 saturated carbocycles. The number of aryl methyl sites for hydroxylation is 1. The van der Waals surface area contributed by atoms with Gasteiger partial charge in [0.15, 0.2) is 5.75 Å². The Morgan fingerprint density at radius 3 is 2.57 bits per heavy atom. The van der Waals surface area contributed by atoms with E-state index in [1.165, 1.54) is 43.6 Å². The fraction of sp³-hybridized carbons (Fsp3) is 0.111. The van der Waals surface area contributed by atoms with Gasteiger partial charge in [-0.1, -0.05) is 11.2 Å². The number of sulfonamides is 1. The summed E-state index contributed by atoms with van der Waals surface area (Å²) in [5.41, 5.74) is 0.229. The molecule has 0 saturated heterocycles. The topological polar surface area (TPSA) is 154 Å². The molecule has 12 heteroatoms. The largest absolute Gasteiger partial charge is 0.490 e. The van der Waals surface area contributed by atoms with Crippen molar-refractivity contribution in [1.29, 1.82) is 0 Å². The average Bonchev–Trinajstić information content (AvgIpc) is 3.13. The van der Waals surface area contributed by atoms with Crippen LogP contribution in [-0.4, -0.2) is 31.5 Å². The van der Waals surface area contributed by atoms with Crippen molar-refractivity contribution in [3.63, 3.8) is 0 Å². The highest BCUT2D eigenvalue weighted by molar-refractivity contribution is 7.92. The van der Waals surface area contributed by atoms with Gasteiger partial charge in [-0.25, -0.2) is 8.42 Å². The molecule has 2 aromatic carbocycles. The van der Waals surface area contributed by atoms with Crippen LogP contribution >= 0.6 is 0 Å². The summed E-state index contributed by atoms with van der Waals surface area (Å²) >= 11 is 0. The number of aromatic nitrogens is 1. The van der Waals surface area contributed by atoms with Gasteiger partial charge in [0.2, 0.25) is 0 Å². The molecule has 0 bridgehead atoms. The van der Waals surface area contributed by atoms with Gasteiger partial charge < -0.3 is 14.6 Å². The van der Waals surface area contributed by atoms with E-state index in [0.29, 0.717) is 11.4 Å². The Balaban J connectivity index is 1.83. The van der Waals surface area contributed by atoms with E-state index in [0.717, 1.165) is 6.07 Å². The van der Waals surface area contributed by atoms with Crippen molar-refractivity contribution in [3.8, 4) is 5.75 Å². The number of carbonyl (C=O) groups is 1. The molecule has 0 atom stereocenters. The quantitative estimate of drug-likeness (QED) is 0.427. The number of hydrogen-bond donors (Lipinski definition) is 2. The second-order valence-electron chi connectivity index (χ2n) is 6.03. The number of hydrogen-bond acceptors (Lipinski definition) is 8. The van der Waals surface area contributed by atoms with Crippen LogP contribution in [0.4, 0.5) is 17.1 Å². The van der Waals surface area contributed by atoms with Crippen LogP contribution in [-0.2, 0) is 10.0 Å². The van der Waals surface area contributed by atoms with Crippen LogP contribution in [0, 0.1) is 17.0 Å². The van der Waals surface area contributed by atoms with Crippen molar-refractivity contribution in [1.82, 2.24) is 5.16 Å². The Bertz CT molecular complexity index is 1220. The second-order valence-corrected chi connectivity index (χ2v) is 7.71. The Kier molecular flexibility index (Phi) is 5.69. The lowest BCUT2D eigenvalue weighted by Crippen LogP contribution is -2.15. The van der Waals surface area contributed by atoms with Gasteiger partial charge in [-0.15, -0.1) is 0 Å². The summed E-state index contributed by atoms with van der Waals surface area (Å²) in [6, 6.07) is 9.26. The minimum atomic E-state index is -4.14. The number of nitro benzene ring substituents is 1. The summed E-state index contributed by atoms with van der Waals surface area (Å²) in [6.45, 7) is 1.58. The van der Waals surface area contributed by atoms with Gasteiger partial charge in [-0.05, 0) is 37.3 Å². The first-order chi connectivity index (χ1) is 14.2. The summed E-state index contributed by atoms with van der Waals surface area (Å²) in [5.74, 6) is -0.197. The minimum absolute atomic E-state index is 0.0623. The normalized spacial score (nSPS) is 11.0. The molecule has 2 N–H and O–H groups in total. The van der Waals surface area contributed by atoms with Crippen molar-refractivity contribution in [2.45, 2.75) is 11.8 Å². The molecule has 30 heavy (non-hydrogen) atoms. The van der Waals surface area contributed by atoms with Crippen LogP contribution in [0.3, 0.4) is 0 Å². The highest BCUT2D eigenvalue weighted by Crippen LogP contribution is 2.30. The zero-order valence-electron chi connectivity index (χ0n) is 15.8. The number of anilines is 2. The van der Waals surface area contributed by atoms with Crippen molar-refractivity contribution < 1.29 is 27.4 Å². The monoisotopic (exact) mass is 432 g/mol. The zero-order chi connectivity index (χ0) is 21.9. The molecule has 1 heterocycles. The Morgan fingerprint density at radius 1 is 1.20 bits per heavy atom. The first-order valence-electron chi connectivity index (χ1n) is 8.39. The molecule has 0 radical (unpaired) electrons. The molecule has 1 aromatic heterocycles. The number of nitrogens with one attached hydrogen (secondary N) is 2. The van der Waals surface area contributed by atoms with Crippen molar-refractivity contribution in [3.05, 3.63) is 70.1 Å². The van der Waals surface area contributed by atoms with E-state index < -0.39 is 26.5 Å². The predicted octanol–water partition coefficient (Wildman–Crippen LogP) is 2.95. The molecule has 0 aliphatic rings. The fourth-order valence-electron chi connectivity index (χ4n) is 2.57. The van der Waals surface area contributed by atoms with E-state index in [1.54, 1.807) is 13.0 Å². The van der Waals surface area contributed by atoms with Crippen LogP contribution in [0.25, 0.3) is 0 Å². The van der Waals surface area contributed by atoms with Crippen molar-refractivity contribution >= 4 is 33.0 Å². The molecular weight excluding hydrogens is 416 g/mol. The highest BCUT2D eigenvalue weighted by Gasteiger charge is 2.22. The van der Waals surface area contributed by atoms with Gasteiger partial charge in [-0.3, -0.25) is 19.6 Å². The van der Waals surface area contributed by atoms with E-state index in [2.05, 4.69) is 15.2 Å². The van der Waals surface area contributed by atoms with Gasteiger partial charge in [0.05, 0.1) is 28.8 Å². The third-order valence-electron chi connectivity index (χ3n) is 4.03. The maximum atomic E-state index is 12.7. The summed E-state index contributed by atoms with van der Waals surface area (Å²) in [4.78, 5) is 22.3. The van der Waals surface area contributed by atoms with Crippen LogP contribution in [0.5, 0.6) is 5.75 Å². The van der Waals surface area contributed by atoms with Gasteiger partial charge >= 0.3 is 5.69 Å². The van der Waals surface area contributed by atoms with Gasteiger partial charge in [0, 0.05) is 11.8 Å². The lowest BCUT2D eigenvalue weighted by atomic mass is 10.2. The fourth-order valence-corrected chi connectivity index (χ4v) is 3.64. The first-order valence-corrected chi connectivity index (χ1v) is 9.87. The number of benzene rings is 2. The Hall–Kier alpha value is -3.93. The third kappa shape index (κ3) is 4.38.